The Bertz CT molecular complexity index is 605. The molecular weight excluding hydrogens is 248 g/mol. The van der Waals surface area contributed by atoms with Gasteiger partial charge in [-0.2, -0.15) is 0 Å². The highest BCUT2D eigenvalue weighted by Crippen LogP contribution is 2.32. The van der Waals surface area contributed by atoms with E-state index >= 15 is 0 Å². The van der Waals surface area contributed by atoms with Gasteiger partial charge in [-0.1, -0.05) is 6.07 Å². The van der Waals surface area contributed by atoms with Crippen molar-refractivity contribution in [2.24, 2.45) is 0 Å². The summed E-state index contributed by atoms with van der Waals surface area (Å²) in [4.78, 5) is 6.72. The third-order valence-corrected chi connectivity index (χ3v) is 3.53. The SMILES string of the molecule is Cc1cnc2c(C)ccc(N)c2c1NCCCN(C)C. The topological polar surface area (TPSA) is 54.2 Å². The van der Waals surface area contributed by atoms with Crippen molar-refractivity contribution in [2.45, 2.75) is 20.3 Å². The molecule has 0 unspecified atom stereocenters. The molecular formula is C16H24N4. The fraction of sp³-hybridized carbons (Fsp3) is 0.438. The van der Waals surface area contributed by atoms with Crippen LogP contribution in [0.2, 0.25) is 0 Å². The third kappa shape index (κ3) is 3.02. The van der Waals surface area contributed by atoms with Crippen molar-refractivity contribution < 1.29 is 0 Å². The van der Waals surface area contributed by atoms with Crippen LogP contribution in [0.15, 0.2) is 18.3 Å². The van der Waals surface area contributed by atoms with Gasteiger partial charge in [-0.25, -0.2) is 0 Å². The molecule has 0 aliphatic carbocycles. The number of fused-ring (bicyclic) bond motifs is 1. The van der Waals surface area contributed by atoms with Crippen LogP contribution < -0.4 is 11.1 Å². The summed E-state index contributed by atoms with van der Waals surface area (Å²) >= 11 is 0. The highest BCUT2D eigenvalue weighted by atomic mass is 15.1. The van der Waals surface area contributed by atoms with Crippen LogP contribution in [0.4, 0.5) is 11.4 Å². The maximum absolute atomic E-state index is 6.16. The molecule has 0 saturated carbocycles. The molecule has 1 heterocycles. The van der Waals surface area contributed by atoms with Gasteiger partial charge >= 0.3 is 0 Å². The molecule has 0 atom stereocenters. The number of nitrogens with two attached hydrogens (primary N) is 1. The summed E-state index contributed by atoms with van der Waals surface area (Å²) in [6.07, 6.45) is 3.02. The van der Waals surface area contributed by atoms with Crippen molar-refractivity contribution in [2.75, 3.05) is 38.2 Å². The molecule has 4 nitrogen and oxygen atoms in total. The minimum Gasteiger partial charge on any atom is -0.398 e. The number of anilines is 2. The predicted molar refractivity (Wildman–Crippen MR) is 87.3 cm³/mol. The maximum Gasteiger partial charge on any atom is 0.0772 e. The zero-order valence-electron chi connectivity index (χ0n) is 12.8. The van der Waals surface area contributed by atoms with Gasteiger partial charge in [0.15, 0.2) is 0 Å². The summed E-state index contributed by atoms with van der Waals surface area (Å²) in [5, 5.41) is 4.58. The van der Waals surface area contributed by atoms with Gasteiger partial charge in [0, 0.05) is 23.8 Å². The van der Waals surface area contributed by atoms with E-state index in [0.717, 1.165) is 52.9 Å². The Morgan fingerprint density at radius 2 is 1.95 bits per heavy atom. The lowest BCUT2D eigenvalue weighted by Crippen LogP contribution is -2.16. The van der Waals surface area contributed by atoms with Gasteiger partial charge in [0.25, 0.3) is 0 Å². The lowest BCUT2D eigenvalue weighted by molar-refractivity contribution is 0.405. The van der Waals surface area contributed by atoms with Gasteiger partial charge in [-0.05, 0) is 58.1 Å². The quantitative estimate of drug-likeness (QED) is 0.649. The first-order valence-corrected chi connectivity index (χ1v) is 7.03. The minimum atomic E-state index is 0.789. The van der Waals surface area contributed by atoms with Crippen LogP contribution in [0.5, 0.6) is 0 Å². The number of aromatic nitrogens is 1. The van der Waals surface area contributed by atoms with Crippen molar-refractivity contribution in [3.05, 3.63) is 29.5 Å². The zero-order chi connectivity index (χ0) is 14.7. The Kier molecular flexibility index (Phi) is 4.45. The van der Waals surface area contributed by atoms with Crippen LogP contribution in [0.3, 0.4) is 0 Å². The van der Waals surface area contributed by atoms with Gasteiger partial charge in [0.2, 0.25) is 0 Å². The second-order valence-electron chi connectivity index (χ2n) is 5.60. The van der Waals surface area contributed by atoms with Gasteiger partial charge < -0.3 is 16.0 Å². The van der Waals surface area contributed by atoms with Crippen molar-refractivity contribution >= 4 is 22.3 Å². The molecule has 0 saturated heterocycles. The van der Waals surface area contributed by atoms with Crippen LogP contribution in [-0.2, 0) is 0 Å². The maximum atomic E-state index is 6.16. The Balaban J connectivity index is 2.31. The first-order valence-electron chi connectivity index (χ1n) is 7.03. The van der Waals surface area contributed by atoms with Crippen molar-refractivity contribution in [1.29, 1.82) is 0 Å². The second kappa shape index (κ2) is 6.09. The van der Waals surface area contributed by atoms with Crippen LogP contribution in [-0.4, -0.2) is 37.1 Å². The number of nitrogen functional groups attached to an aromatic ring is 1. The molecule has 0 aliphatic heterocycles. The molecule has 3 N–H and O–H groups in total. The van der Waals surface area contributed by atoms with Crippen LogP contribution >= 0.6 is 0 Å². The number of hydrogen-bond acceptors (Lipinski definition) is 4. The highest BCUT2D eigenvalue weighted by molar-refractivity contribution is 6.02. The summed E-state index contributed by atoms with van der Waals surface area (Å²) in [6.45, 7) is 6.15. The molecule has 4 heteroatoms. The Morgan fingerprint density at radius 1 is 1.20 bits per heavy atom. The van der Waals surface area contributed by atoms with E-state index < -0.39 is 0 Å². The summed E-state index contributed by atoms with van der Waals surface area (Å²) in [7, 11) is 4.18. The number of nitrogens with zero attached hydrogens (tertiary/aromatic N) is 2. The lowest BCUT2D eigenvalue weighted by atomic mass is 10.0. The van der Waals surface area contributed by atoms with E-state index in [9.17, 15) is 0 Å². The first kappa shape index (κ1) is 14.6. The van der Waals surface area contributed by atoms with E-state index in [1.54, 1.807) is 0 Å². The first-order chi connectivity index (χ1) is 9.50. The van der Waals surface area contributed by atoms with Crippen molar-refractivity contribution in [3.63, 3.8) is 0 Å². The Morgan fingerprint density at radius 3 is 2.65 bits per heavy atom. The summed E-state index contributed by atoms with van der Waals surface area (Å²) in [5.74, 6) is 0. The number of nitrogens with one attached hydrogen (secondary N) is 1. The van der Waals surface area contributed by atoms with Gasteiger partial charge in [0.05, 0.1) is 11.2 Å². The van der Waals surface area contributed by atoms with E-state index in [2.05, 4.69) is 43.1 Å². The summed E-state index contributed by atoms with van der Waals surface area (Å²) in [5.41, 5.74) is 11.4. The fourth-order valence-corrected chi connectivity index (χ4v) is 2.40. The van der Waals surface area contributed by atoms with Crippen LogP contribution in [0.1, 0.15) is 17.5 Å². The smallest absolute Gasteiger partial charge is 0.0772 e. The molecule has 1 aromatic heterocycles. The monoisotopic (exact) mass is 272 g/mol. The number of rotatable bonds is 5. The molecule has 20 heavy (non-hydrogen) atoms. The molecule has 0 radical (unpaired) electrons. The largest absolute Gasteiger partial charge is 0.398 e. The van der Waals surface area contributed by atoms with E-state index in [0.29, 0.717) is 0 Å². The molecule has 2 aromatic rings. The summed E-state index contributed by atoms with van der Waals surface area (Å²) in [6, 6.07) is 3.99. The Hall–Kier alpha value is -1.81. The Labute approximate surface area is 121 Å². The molecule has 108 valence electrons. The third-order valence-electron chi connectivity index (χ3n) is 3.53. The fourth-order valence-electron chi connectivity index (χ4n) is 2.40. The van der Waals surface area contributed by atoms with Crippen molar-refractivity contribution in [3.8, 4) is 0 Å². The average molecular weight is 272 g/mol. The molecule has 1 aromatic carbocycles. The molecule has 0 spiro atoms. The van der Waals surface area contributed by atoms with Crippen molar-refractivity contribution in [1.82, 2.24) is 9.88 Å². The van der Waals surface area contributed by atoms with E-state index in [-0.39, 0.29) is 0 Å². The number of pyridine rings is 1. The van der Waals surface area contributed by atoms with Gasteiger partial charge in [-0.15, -0.1) is 0 Å². The zero-order valence-corrected chi connectivity index (χ0v) is 12.8. The van der Waals surface area contributed by atoms with Gasteiger partial charge in [-0.3, -0.25) is 4.98 Å². The van der Waals surface area contributed by atoms with Crippen LogP contribution in [0, 0.1) is 13.8 Å². The number of benzene rings is 1. The summed E-state index contributed by atoms with van der Waals surface area (Å²) < 4.78 is 0. The average Bonchev–Trinajstić information content (AvgIpc) is 2.40. The minimum absolute atomic E-state index is 0.789. The number of hydrogen-bond donors (Lipinski definition) is 2. The second-order valence-corrected chi connectivity index (χ2v) is 5.60. The van der Waals surface area contributed by atoms with Gasteiger partial charge in [0.1, 0.15) is 0 Å². The molecule has 0 aliphatic rings. The normalized spacial score (nSPS) is 11.2. The predicted octanol–water partition coefficient (Wildman–Crippen LogP) is 2.80. The van der Waals surface area contributed by atoms with Crippen LogP contribution in [0.25, 0.3) is 10.9 Å². The van der Waals surface area contributed by atoms with E-state index in [1.807, 2.05) is 18.3 Å². The molecule has 0 bridgehead atoms. The molecule has 0 amide bonds. The lowest BCUT2D eigenvalue weighted by Gasteiger charge is -2.16. The highest BCUT2D eigenvalue weighted by Gasteiger charge is 2.10. The standard InChI is InChI=1S/C16H24N4/c1-11-6-7-13(17)14-15(11)19-10-12(2)16(14)18-8-5-9-20(3)4/h6-7,10H,5,8-9,17H2,1-4H3,(H,18,19). The molecule has 0 fully saturated rings. The molecule has 2 rings (SSSR count). The van der Waals surface area contributed by atoms with E-state index in [1.165, 1.54) is 0 Å². The van der Waals surface area contributed by atoms with E-state index in [4.69, 9.17) is 5.73 Å². The number of aryl methyl sites for hydroxylation is 2.